The average molecular weight is 341 g/mol. The highest BCUT2D eigenvalue weighted by Crippen LogP contribution is 2.27. The van der Waals surface area contributed by atoms with Gasteiger partial charge in [0.05, 0.1) is 7.11 Å². The minimum absolute atomic E-state index is 0.0515. The normalized spacial score (nSPS) is 10.4. The van der Waals surface area contributed by atoms with Crippen LogP contribution in [0.15, 0.2) is 48.5 Å². The highest BCUT2D eigenvalue weighted by Gasteiger charge is 2.18. The molecule has 25 heavy (non-hydrogen) atoms. The second-order valence-corrected chi connectivity index (χ2v) is 5.92. The van der Waals surface area contributed by atoms with E-state index in [0.29, 0.717) is 23.6 Å². The fourth-order valence-corrected chi connectivity index (χ4v) is 2.44. The maximum atomic E-state index is 12.6. The van der Waals surface area contributed by atoms with Crippen molar-refractivity contribution in [3.8, 4) is 11.5 Å². The van der Waals surface area contributed by atoms with Gasteiger partial charge in [-0.25, -0.2) is 0 Å². The SMILES string of the molecule is COc1cc(C=O)ccc1OCC(=O)N(Cc1ccccc1)C(C)C. The number of ether oxygens (including phenoxy) is 2. The molecular formula is C20H23NO4. The molecular weight excluding hydrogens is 318 g/mol. The smallest absolute Gasteiger partial charge is 0.261 e. The summed E-state index contributed by atoms with van der Waals surface area (Å²) in [5.74, 6) is 0.752. The highest BCUT2D eigenvalue weighted by molar-refractivity contribution is 5.79. The lowest BCUT2D eigenvalue weighted by Gasteiger charge is -2.27. The number of amides is 1. The van der Waals surface area contributed by atoms with Crippen molar-refractivity contribution in [2.24, 2.45) is 0 Å². The Morgan fingerprint density at radius 3 is 2.44 bits per heavy atom. The molecule has 0 atom stereocenters. The van der Waals surface area contributed by atoms with E-state index in [4.69, 9.17) is 9.47 Å². The first-order chi connectivity index (χ1) is 12.0. The number of carbonyl (C=O) groups is 2. The Morgan fingerprint density at radius 2 is 1.84 bits per heavy atom. The third-order valence-corrected chi connectivity index (χ3v) is 3.81. The van der Waals surface area contributed by atoms with Crippen molar-refractivity contribution < 1.29 is 19.1 Å². The monoisotopic (exact) mass is 341 g/mol. The number of carbonyl (C=O) groups excluding carboxylic acids is 2. The first-order valence-electron chi connectivity index (χ1n) is 8.14. The molecule has 5 heteroatoms. The largest absolute Gasteiger partial charge is 0.493 e. The fourth-order valence-electron chi connectivity index (χ4n) is 2.44. The summed E-state index contributed by atoms with van der Waals surface area (Å²) >= 11 is 0. The quantitative estimate of drug-likeness (QED) is 0.691. The first-order valence-corrected chi connectivity index (χ1v) is 8.14. The van der Waals surface area contributed by atoms with Gasteiger partial charge in [0.15, 0.2) is 18.1 Å². The Balaban J connectivity index is 2.05. The molecule has 0 N–H and O–H groups in total. The Labute approximate surface area is 148 Å². The van der Waals surface area contributed by atoms with Crippen LogP contribution in [-0.4, -0.2) is 36.9 Å². The molecule has 0 heterocycles. The van der Waals surface area contributed by atoms with Gasteiger partial charge in [-0.15, -0.1) is 0 Å². The van der Waals surface area contributed by atoms with Gasteiger partial charge in [-0.3, -0.25) is 9.59 Å². The van der Waals surface area contributed by atoms with Crippen LogP contribution in [0.2, 0.25) is 0 Å². The lowest BCUT2D eigenvalue weighted by molar-refractivity contribution is -0.135. The summed E-state index contributed by atoms with van der Waals surface area (Å²) in [5.41, 5.74) is 1.56. The van der Waals surface area contributed by atoms with Crippen molar-refractivity contribution in [2.75, 3.05) is 13.7 Å². The molecule has 2 aromatic carbocycles. The van der Waals surface area contributed by atoms with Crippen LogP contribution >= 0.6 is 0 Å². The van der Waals surface area contributed by atoms with Gasteiger partial charge in [0.2, 0.25) is 0 Å². The van der Waals surface area contributed by atoms with E-state index in [-0.39, 0.29) is 18.6 Å². The van der Waals surface area contributed by atoms with Gasteiger partial charge >= 0.3 is 0 Å². The zero-order valence-corrected chi connectivity index (χ0v) is 14.8. The Morgan fingerprint density at radius 1 is 1.12 bits per heavy atom. The summed E-state index contributed by atoms with van der Waals surface area (Å²) < 4.78 is 10.8. The number of rotatable bonds is 8. The van der Waals surface area contributed by atoms with Gasteiger partial charge in [-0.1, -0.05) is 30.3 Å². The van der Waals surface area contributed by atoms with Crippen molar-refractivity contribution in [2.45, 2.75) is 26.4 Å². The number of hydrogen-bond donors (Lipinski definition) is 0. The van der Waals surface area contributed by atoms with E-state index in [1.165, 1.54) is 7.11 Å². The minimum Gasteiger partial charge on any atom is -0.493 e. The van der Waals surface area contributed by atoms with E-state index in [1.54, 1.807) is 23.1 Å². The summed E-state index contributed by atoms with van der Waals surface area (Å²) in [4.78, 5) is 25.2. The molecule has 132 valence electrons. The second-order valence-electron chi connectivity index (χ2n) is 5.92. The standard InChI is InChI=1S/C20H23NO4/c1-15(2)21(12-16-7-5-4-6-8-16)20(23)14-25-18-10-9-17(13-22)11-19(18)24-3/h4-11,13,15H,12,14H2,1-3H3. The lowest BCUT2D eigenvalue weighted by Crippen LogP contribution is -2.39. The van der Waals surface area contributed by atoms with E-state index in [9.17, 15) is 9.59 Å². The van der Waals surface area contributed by atoms with E-state index < -0.39 is 0 Å². The van der Waals surface area contributed by atoms with Crippen molar-refractivity contribution in [3.05, 3.63) is 59.7 Å². The maximum absolute atomic E-state index is 12.6. The summed E-state index contributed by atoms with van der Waals surface area (Å²) in [6, 6.07) is 14.7. The molecule has 0 aromatic heterocycles. The number of methoxy groups -OCH3 is 1. The third-order valence-electron chi connectivity index (χ3n) is 3.81. The van der Waals surface area contributed by atoms with Crippen LogP contribution < -0.4 is 9.47 Å². The van der Waals surface area contributed by atoms with Crippen LogP contribution in [0.3, 0.4) is 0 Å². The van der Waals surface area contributed by atoms with Gasteiger partial charge in [0.25, 0.3) is 5.91 Å². The molecule has 0 bridgehead atoms. The van der Waals surface area contributed by atoms with Crippen molar-refractivity contribution >= 4 is 12.2 Å². The van der Waals surface area contributed by atoms with Crippen LogP contribution in [0.1, 0.15) is 29.8 Å². The molecule has 0 unspecified atom stereocenters. The predicted octanol–water partition coefficient (Wildman–Crippen LogP) is 3.32. The zero-order chi connectivity index (χ0) is 18.2. The molecule has 2 aromatic rings. The van der Waals surface area contributed by atoms with Gasteiger partial charge in [0.1, 0.15) is 6.29 Å². The molecule has 1 amide bonds. The van der Waals surface area contributed by atoms with Crippen molar-refractivity contribution in [1.29, 1.82) is 0 Å². The summed E-state index contributed by atoms with van der Waals surface area (Å²) in [6.07, 6.45) is 0.734. The average Bonchev–Trinajstić information content (AvgIpc) is 2.64. The summed E-state index contributed by atoms with van der Waals surface area (Å²) in [5, 5.41) is 0. The molecule has 5 nitrogen and oxygen atoms in total. The molecule has 0 aliphatic rings. The first kappa shape index (κ1) is 18.5. The second kappa shape index (κ2) is 8.87. The van der Waals surface area contributed by atoms with Crippen LogP contribution in [-0.2, 0) is 11.3 Å². The zero-order valence-electron chi connectivity index (χ0n) is 14.8. The Bertz CT molecular complexity index is 713. The summed E-state index contributed by atoms with van der Waals surface area (Å²) in [7, 11) is 1.49. The molecule has 0 aliphatic carbocycles. The number of hydrogen-bond acceptors (Lipinski definition) is 4. The molecule has 0 radical (unpaired) electrons. The number of nitrogens with zero attached hydrogens (tertiary/aromatic N) is 1. The summed E-state index contributed by atoms with van der Waals surface area (Å²) in [6.45, 7) is 4.38. The van der Waals surface area contributed by atoms with Crippen molar-refractivity contribution in [1.82, 2.24) is 4.90 Å². The van der Waals surface area contributed by atoms with Gasteiger partial charge in [-0.2, -0.15) is 0 Å². The van der Waals surface area contributed by atoms with Gasteiger partial charge in [-0.05, 0) is 37.6 Å². The number of aldehydes is 1. The highest BCUT2D eigenvalue weighted by atomic mass is 16.5. The number of benzene rings is 2. The van der Waals surface area contributed by atoms with Crippen LogP contribution in [0.25, 0.3) is 0 Å². The van der Waals surface area contributed by atoms with Crippen LogP contribution in [0, 0.1) is 0 Å². The fraction of sp³-hybridized carbons (Fsp3) is 0.300. The third kappa shape index (κ3) is 5.08. The topological polar surface area (TPSA) is 55.8 Å². The van der Waals surface area contributed by atoms with Crippen LogP contribution in [0.5, 0.6) is 11.5 Å². The van der Waals surface area contributed by atoms with Crippen LogP contribution in [0.4, 0.5) is 0 Å². The predicted molar refractivity (Wildman–Crippen MR) is 96.0 cm³/mol. The molecule has 0 saturated carbocycles. The Kier molecular flexibility index (Phi) is 6.57. The van der Waals surface area contributed by atoms with E-state index in [0.717, 1.165) is 11.8 Å². The van der Waals surface area contributed by atoms with E-state index in [1.807, 2.05) is 44.2 Å². The maximum Gasteiger partial charge on any atom is 0.261 e. The Hall–Kier alpha value is -2.82. The van der Waals surface area contributed by atoms with Crippen molar-refractivity contribution in [3.63, 3.8) is 0 Å². The molecule has 2 rings (SSSR count). The van der Waals surface area contributed by atoms with Gasteiger partial charge in [0, 0.05) is 18.2 Å². The molecule has 0 saturated heterocycles. The minimum atomic E-state index is -0.111. The molecule has 0 fully saturated rings. The van der Waals surface area contributed by atoms with E-state index >= 15 is 0 Å². The van der Waals surface area contributed by atoms with E-state index in [2.05, 4.69) is 0 Å². The van der Waals surface area contributed by atoms with Gasteiger partial charge < -0.3 is 14.4 Å². The lowest BCUT2D eigenvalue weighted by atomic mass is 10.2. The molecule has 0 spiro atoms. The molecule has 0 aliphatic heterocycles.